The van der Waals surface area contributed by atoms with Crippen LogP contribution in [0.3, 0.4) is 0 Å². The van der Waals surface area contributed by atoms with Gasteiger partial charge in [-0.15, -0.1) is 0 Å². The van der Waals surface area contributed by atoms with Crippen LogP contribution in [-0.2, 0) is 20.9 Å². The molecule has 0 aliphatic rings. The van der Waals surface area contributed by atoms with E-state index in [-0.39, 0.29) is 6.61 Å². The SMILES string of the molecule is [2H]C([2H])([2H])OC([2H])([2H])C([2H])([2H])CC(=O)OCc1ccccc1. The van der Waals surface area contributed by atoms with Gasteiger partial charge in [0.2, 0.25) is 0 Å². The highest BCUT2D eigenvalue weighted by molar-refractivity contribution is 5.69. The number of rotatable bonds is 6. The minimum Gasteiger partial charge on any atom is -0.461 e. The summed E-state index contributed by atoms with van der Waals surface area (Å²) in [5, 5.41) is 0. The van der Waals surface area contributed by atoms with Crippen LogP contribution in [0.25, 0.3) is 0 Å². The van der Waals surface area contributed by atoms with Crippen molar-refractivity contribution in [1.29, 1.82) is 0 Å². The minimum absolute atomic E-state index is 0.0844. The molecule has 3 heteroatoms. The highest BCUT2D eigenvalue weighted by Gasteiger charge is 2.02. The van der Waals surface area contributed by atoms with Gasteiger partial charge in [-0.2, -0.15) is 0 Å². The molecule has 0 N–H and O–H groups in total. The quantitative estimate of drug-likeness (QED) is 0.682. The number of benzene rings is 1. The number of carbonyl (C=O) groups excluding carboxylic acids is 1. The summed E-state index contributed by atoms with van der Waals surface area (Å²) in [6, 6.07) is 8.68. The van der Waals surface area contributed by atoms with Gasteiger partial charge in [-0.25, -0.2) is 0 Å². The number of methoxy groups -OCH3 is 1. The van der Waals surface area contributed by atoms with Crippen molar-refractivity contribution in [2.45, 2.75) is 19.4 Å². The van der Waals surface area contributed by atoms with Crippen LogP contribution >= 0.6 is 0 Å². The molecule has 0 unspecified atom stereocenters. The summed E-state index contributed by atoms with van der Waals surface area (Å²) in [4.78, 5) is 11.6. The normalized spacial score (nSPS) is 19.6. The van der Waals surface area contributed by atoms with Gasteiger partial charge in [0, 0.05) is 22.8 Å². The minimum atomic E-state index is -3.16. The maximum Gasteiger partial charge on any atom is 0.306 e. The summed E-state index contributed by atoms with van der Waals surface area (Å²) in [6.07, 6.45) is -3.82. The van der Waals surface area contributed by atoms with Crippen molar-refractivity contribution in [3.05, 3.63) is 35.9 Å². The van der Waals surface area contributed by atoms with Gasteiger partial charge >= 0.3 is 5.97 Å². The molecule has 0 fully saturated rings. The Labute approximate surface area is 99.8 Å². The Morgan fingerprint density at radius 3 is 3.00 bits per heavy atom. The van der Waals surface area contributed by atoms with Crippen molar-refractivity contribution >= 4 is 5.97 Å². The fourth-order valence-corrected chi connectivity index (χ4v) is 0.933. The maximum absolute atomic E-state index is 11.6. The molecule has 0 amide bonds. The van der Waals surface area contributed by atoms with E-state index in [1.807, 2.05) is 0 Å². The lowest BCUT2D eigenvalue weighted by Crippen LogP contribution is -2.05. The van der Waals surface area contributed by atoms with E-state index in [4.69, 9.17) is 14.3 Å². The van der Waals surface area contributed by atoms with E-state index < -0.39 is 32.4 Å². The largest absolute Gasteiger partial charge is 0.461 e. The van der Waals surface area contributed by atoms with E-state index in [1.165, 1.54) is 0 Å². The van der Waals surface area contributed by atoms with E-state index in [0.717, 1.165) is 0 Å². The highest BCUT2D eigenvalue weighted by Crippen LogP contribution is 2.02. The predicted octanol–water partition coefficient (Wildman–Crippen LogP) is 2.16. The molecule has 0 spiro atoms. The lowest BCUT2D eigenvalue weighted by Gasteiger charge is -2.04. The van der Waals surface area contributed by atoms with Crippen molar-refractivity contribution in [3.63, 3.8) is 0 Å². The summed E-state index contributed by atoms with van der Waals surface area (Å²) in [5.74, 6) is -0.994. The lowest BCUT2D eigenvalue weighted by molar-refractivity contribution is -0.145. The molecule has 1 aromatic carbocycles. The molecule has 0 saturated heterocycles. The summed E-state index contributed by atoms with van der Waals surface area (Å²) in [7, 11) is -3.12. The molecule has 1 aromatic rings. The molecule has 82 valence electrons. The number of hydrogen-bond donors (Lipinski definition) is 0. The molecule has 0 aliphatic heterocycles. The zero-order chi connectivity index (χ0) is 17.0. The first-order chi connectivity index (χ1) is 9.93. The smallest absolute Gasteiger partial charge is 0.306 e. The van der Waals surface area contributed by atoms with Gasteiger partial charge < -0.3 is 9.47 Å². The zero-order valence-corrected chi connectivity index (χ0v) is 8.03. The molecule has 1 rings (SSSR count). The zero-order valence-electron chi connectivity index (χ0n) is 15.0. The molecule has 3 nitrogen and oxygen atoms in total. The van der Waals surface area contributed by atoms with Gasteiger partial charge in [0.25, 0.3) is 0 Å². The molecule has 0 bridgehead atoms. The van der Waals surface area contributed by atoms with E-state index in [0.29, 0.717) is 5.56 Å². The Balaban J connectivity index is 2.61. The summed E-state index contributed by atoms with van der Waals surface area (Å²) in [6.45, 7) is -3.25. The first-order valence-corrected chi connectivity index (χ1v) is 4.33. The Morgan fingerprint density at radius 2 is 2.27 bits per heavy atom. The topological polar surface area (TPSA) is 35.5 Å². The molecule has 0 saturated carbocycles. The Bertz CT molecular complexity index is 499. The van der Waals surface area contributed by atoms with Crippen LogP contribution in [0.15, 0.2) is 30.3 Å². The van der Waals surface area contributed by atoms with Crippen molar-refractivity contribution in [2.24, 2.45) is 0 Å². The highest BCUT2D eigenvalue weighted by atomic mass is 16.5. The predicted molar refractivity (Wildman–Crippen MR) is 57.3 cm³/mol. The molecule has 0 aromatic heterocycles. The Hall–Kier alpha value is -1.35. The fraction of sp³-hybridized carbons (Fsp3) is 0.417. The van der Waals surface area contributed by atoms with Crippen LogP contribution in [0.2, 0.25) is 0 Å². The monoisotopic (exact) mass is 215 g/mol. The number of carbonyl (C=O) groups is 1. The second-order valence-electron chi connectivity index (χ2n) is 2.70. The van der Waals surface area contributed by atoms with Crippen LogP contribution in [0.5, 0.6) is 0 Å². The maximum atomic E-state index is 11.6. The lowest BCUT2D eigenvalue weighted by atomic mass is 10.2. The van der Waals surface area contributed by atoms with E-state index >= 15 is 0 Å². The van der Waals surface area contributed by atoms with Gasteiger partial charge in [0.05, 0.1) is 6.85 Å². The van der Waals surface area contributed by atoms with Gasteiger partial charge in [-0.05, 0) is 11.9 Å². The molecular weight excluding hydrogens is 192 g/mol. The van der Waals surface area contributed by atoms with Crippen molar-refractivity contribution in [3.8, 4) is 0 Å². The number of hydrogen-bond acceptors (Lipinski definition) is 3. The van der Waals surface area contributed by atoms with Crippen LogP contribution in [0.4, 0.5) is 0 Å². The number of esters is 1. The number of ether oxygens (including phenoxy) is 2. The summed E-state index contributed by atoms with van der Waals surface area (Å²) in [5.41, 5.74) is 0.693. The average Bonchev–Trinajstić information content (AvgIpc) is 2.34. The Morgan fingerprint density at radius 1 is 1.47 bits per heavy atom. The van der Waals surface area contributed by atoms with Crippen molar-refractivity contribution < 1.29 is 23.9 Å². The first kappa shape index (κ1) is 5.12. The molecule has 0 atom stereocenters. The third-order valence-electron chi connectivity index (χ3n) is 1.60. The van der Waals surface area contributed by atoms with Crippen LogP contribution in [-0.4, -0.2) is 19.6 Å². The van der Waals surface area contributed by atoms with Gasteiger partial charge in [-0.1, -0.05) is 30.3 Å². The van der Waals surface area contributed by atoms with Crippen molar-refractivity contribution in [2.75, 3.05) is 13.6 Å². The third-order valence-corrected chi connectivity index (χ3v) is 1.60. The van der Waals surface area contributed by atoms with Gasteiger partial charge in [0.1, 0.15) is 6.61 Å². The van der Waals surface area contributed by atoms with E-state index in [1.54, 1.807) is 30.3 Å². The van der Waals surface area contributed by atoms with Gasteiger partial charge in [0.15, 0.2) is 0 Å². The Kier molecular flexibility index (Phi) is 2.39. The van der Waals surface area contributed by atoms with E-state index in [2.05, 4.69) is 4.74 Å². The van der Waals surface area contributed by atoms with Gasteiger partial charge in [-0.3, -0.25) is 4.79 Å². The first-order valence-electron chi connectivity index (χ1n) is 7.83. The average molecular weight is 215 g/mol. The second-order valence-corrected chi connectivity index (χ2v) is 2.70. The molecule has 0 aliphatic carbocycles. The second kappa shape index (κ2) is 7.01. The van der Waals surface area contributed by atoms with Crippen molar-refractivity contribution in [1.82, 2.24) is 0 Å². The third kappa shape index (κ3) is 5.18. The van der Waals surface area contributed by atoms with Crippen LogP contribution < -0.4 is 0 Å². The van der Waals surface area contributed by atoms with Crippen LogP contribution in [0.1, 0.15) is 28.0 Å². The molecular formula is C12H16O3. The van der Waals surface area contributed by atoms with E-state index in [9.17, 15) is 4.79 Å². The standard InChI is InChI=1S/C12H16O3/c1-14-9-5-8-12(13)15-10-11-6-3-2-4-7-11/h2-4,6-7H,5,8-10H2,1H3/i1D3,5D2,9D2. The fourth-order valence-electron chi connectivity index (χ4n) is 0.933. The molecule has 0 heterocycles. The molecule has 0 radical (unpaired) electrons. The van der Waals surface area contributed by atoms with Crippen LogP contribution in [0, 0.1) is 0 Å². The molecule has 15 heavy (non-hydrogen) atoms. The summed E-state index contributed by atoms with van der Waals surface area (Å²) < 4.78 is 59.3. The summed E-state index contributed by atoms with van der Waals surface area (Å²) >= 11 is 0.